The van der Waals surface area contributed by atoms with Crippen molar-refractivity contribution in [1.82, 2.24) is 4.90 Å². The molecule has 1 heterocycles. The van der Waals surface area contributed by atoms with Gasteiger partial charge in [0.05, 0.1) is 19.1 Å². The molecule has 0 bridgehead atoms. The maximum Gasteiger partial charge on any atom is 0.262 e. The molecule has 1 aliphatic carbocycles. The van der Waals surface area contributed by atoms with Crippen molar-refractivity contribution in [2.24, 2.45) is 5.92 Å². The van der Waals surface area contributed by atoms with Gasteiger partial charge in [-0.1, -0.05) is 19.3 Å². The number of fused-ring (bicyclic) bond motifs is 1. The van der Waals surface area contributed by atoms with E-state index in [-0.39, 0.29) is 10.8 Å². The lowest BCUT2D eigenvalue weighted by Crippen LogP contribution is -2.41. The van der Waals surface area contributed by atoms with Crippen LogP contribution in [0, 0.1) is 5.92 Å². The number of hydrogen-bond acceptors (Lipinski definition) is 5. The van der Waals surface area contributed by atoms with Gasteiger partial charge in [-0.15, -0.1) is 0 Å². The zero-order chi connectivity index (χ0) is 22.7. The Morgan fingerprint density at radius 2 is 1.75 bits per heavy atom. The summed E-state index contributed by atoms with van der Waals surface area (Å²) >= 11 is 0. The fourth-order valence-corrected chi connectivity index (χ4v) is 5.72. The predicted molar refractivity (Wildman–Crippen MR) is 123 cm³/mol. The minimum Gasteiger partial charge on any atom is -0.493 e. The number of methoxy groups -OCH3 is 2. The third kappa shape index (κ3) is 4.70. The molecular formula is C24H30N2O5S. The van der Waals surface area contributed by atoms with Gasteiger partial charge in [0.1, 0.15) is 0 Å². The average molecular weight is 459 g/mol. The second-order valence-electron chi connectivity index (χ2n) is 8.50. The molecule has 0 spiro atoms. The van der Waals surface area contributed by atoms with Crippen LogP contribution in [0.5, 0.6) is 11.5 Å². The molecule has 0 radical (unpaired) electrons. The van der Waals surface area contributed by atoms with Crippen LogP contribution >= 0.6 is 0 Å². The molecule has 8 heteroatoms. The second kappa shape index (κ2) is 9.40. The summed E-state index contributed by atoms with van der Waals surface area (Å²) in [7, 11) is -0.869. The largest absolute Gasteiger partial charge is 0.493 e. The number of ether oxygens (including phenoxy) is 2. The Bertz CT molecular complexity index is 1090. The summed E-state index contributed by atoms with van der Waals surface area (Å²) in [6.07, 6.45) is 6.94. The lowest BCUT2D eigenvalue weighted by atomic mass is 9.88. The van der Waals surface area contributed by atoms with Crippen molar-refractivity contribution in [3.05, 3.63) is 47.5 Å². The average Bonchev–Trinajstić information content (AvgIpc) is 2.81. The van der Waals surface area contributed by atoms with Crippen molar-refractivity contribution in [2.75, 3.05) is 32.0 Å². The Morgan fingerprint density at radius 3 is 2.47 bits per heavy atom. The van der Waals surface area contributed by atoms with Crippen LogP contribution in [-0.2, 0) is 16.4 Å². The first-order valence-corrected chi connectivity index (χ1v) is 12.6. The van der Waals surface area contributed by atoms with Gasteiger partial charge < -0.3 is 14.4 Å². The predicted octanol–water partition coefficient (Wildman–Crippen LogP) is 4.08. The van der Waals surface area contributed by atoms with Crippen LogP contribution in [0.4, 0.5) is 5.69 Å². The summed E-state index contributed by atoms with van der Waals surface area (Å²) in [4.78, 5) is 15.0. The van der Waals surface area contributed by atoms with Gasteiger partial charge in [0.15, 0.2) is 11.5 Å². The van der Waals surface area contributed by atoms with Crippen LogP contribution in [-0.4, -0.2) is 46.5 Å². The quantitative estimate of drug-likeness (QED) is 0.676. The van der Waals surface area contributed by atoms with Gasteiger partial charge >= 0.3 is 0 Å². The van der Waals surface area contributed by atoms with Crippen molar-refractivity contribution >= 4 is 21.6 Å². The number of amides is 1. The number of carbonyl (C=O) groups is 1. The molecule has 7 nitrogen and oxygen atoms in total. The fraction of sp³-hybridized carbons (Fsp3) is 0.458. The maximum absolute atomic E-state index is 13.0. The van der Waals surface area contributed by atoms with Crippen LogP contribution < -0.4 is 14.2 Å². The first kappa shape index (κ1) is 22.5. The first-order valence-electron chi connectivity index (χ1n) is 11.1. The highest BCUT2D eigenvalue weighted by Gasteiger charge is 2.27. The minimum atomic E-state index is -3.82. The molecule has 2 aromatic carbocycles. The van der Waals surface area contributed by atoms with Crippen molar-refractivity contribution < 1.29 is 22.7 Å². The number of carbonyl (C=O) groups excluding carboxylic acids is 1. The Balaban J connectivity index is 1.49. The monoisotopic (exact) mass is 458 g/mol. The lowest BCUT2D eigenvalue weighted by Gasteiger charge is -2.33. The Hall–Kier alpha value is -2.74. The first-order chi connectivity index (χ1) is 15.4. The van der Waals surface area contributed by atoms with Gasteiger partial charge in [-0.2, -0.15) is 0 Å². The molecule has 2 aliphatic rings. The molecular weight excluding hydrogens is 428 g/mol. The van der Waals surface area contributed by atoms with E-state index in [1.54, 1.807) is 24.3 Å². The van der Waals surface area contributed by atoms with E-state index < -0.39 is 10.0 Å². The van der Waals surface area contributed by atoms with E-state index in [0.29, 0.717) is 35.2 Å². The number of nitrogens with one attached hydrogen (secondary N) is 1. The third-order valence-corrected chi connectivity index (χ3v) is 7.77. The Kier molecular flexibility index (Phi) is 6.60. The number of anilines is 1. The van der Waals surface area contributed by atoms with Crippen molar-refractivity contribution in [1.29, 1.82) is 0 Å². The molecule has 0 aromatic heterocycles. The van der Waals surface area contributed by atoms with Gasteiger partial charge in [0.2, 0.25) is 0 Å². The lowest BCUT2D eigenvalue weighted by molar-refractivity contribution is 0.0697. The van der Waals surface area contributed by atoms with Crippen molar-refractivity contribution in [3.8, 4) is 11.5 Å². The Morgan fingerprint density at radius 1 is 1.00 bits per heavy atom. The van der Waals surface area contributed by atoms with Crippen molar-refractivity contribution in [3.63, 3.8) is 0 Å². The molecule has 172 valence electrons. The summed E-state index contributed by atoms with van der Waals surface area (Å²) in [6, 6.07) is 9.60. The molecule has 1 amide bonds. The van der Waals surface area contributed by atoms with E-state index in [1.165, 1.54) is 58.5 Å². The number of rotatable bonds is 7. The summed E-state index contributed by atoms with van der Waals surface area (Å²) in [5, 5.41) is 0. The maximum atomic E-state index is 13.0. The molecule has 0 saturated heterocycles. The van der Waals surface area contributed by atoms with Gasteiger partial charge in [-0.3, -0.25) is 9.52 Å². The van der Waals surface area contributed by atoms with Gasteiger partial charge in [-0.25, -0.2) is 8.42 Å². The van der Waals surface area contributed by atoms with Crippen LogP contribution in [0.2, 0.25) is 0 Å². The van der Waals surface area contributed by atoms with E-state index in [1.807, 2.05) is 4.90 Å². The number of sulfonamides is 1. The summed E-state index contributed by atoms with van der Waals surface area (Å²) < 4.78 is 38.8. The standard InChI is InChI=1S/C24H30N2O5S/c1-30-22-11-9-20(15-23(22)31-2)32(28,29)25-19-8-10-21-18(14-19)12-13-26(24(21)27)16-17-6-4-3-5-7-17/h8-11,14-15,17,25H,3-7,12-13,16H2,1-2H3. The topological polar surface area (TPSA) is 84.9 Å². The molecule has 32 heavy (non-hydrogen) atoms. The van der Waals surface area contributed by atoms with Crippen LogP contribution in [0.25, 0.3) is 0 Å². The van der Waals surface area contributed by atoms with E-state index in [4.69, 9.17) is 9.47 Å². The van der Waals surface area contributed by atoms with Crippen LogP contribution in [0.1, 0.15) is 48.0 Å². The van der Waals surface area contributed by atoms with Gasteiger partial charge in [0, 0.05) is 30.4 Å². The highest BCUT2D eigenvalue weighted by Crippen LogP contribution is 2.31. The number of hydrogen-bond donors (Lipinski definition) is 1. The highest BCUT2D eigenvalue weighted by atomic mass is 32.2. The van der Waals surface area contributed by atoms with Gasteiger partial charge in [0.25, 0.3) is 15.9 Å². The molecule has 0 atom stereocenters. The number of benzene rings is 2. The smallest absolute Gasteiger partial charge is 0.262 e. The van der Waals surface area contributed by atoms with E-state index in [0.717, 1.165) is 18.5 Å². The molecule has 2 aromatic rings. The molecule has 4 rings (SSSR count). The van der Waals surface area contributed by atoms with Crippen LogP contribution in [0.3, 0.4) is 0 Å². The third-order valence-electron chi connectivity index (χ3n) is 6.39. The second-order valence-corrected chi connectivity index (χ2v) is 10.2. The SMILES string of the molecule is COc1ccc(S(=O)(=O)Nc2ccc3c(c2)CCN(CC2CCCCC2)C3=O)cc1OC. The molecule has 0 unspecified atom stereocenters. The summed E-state index contributed by atoms with van der Waals surface area (Å²) in [6.45, 7) is 1.50. The number of nitrogens with zero attached hydrogens (tertiary/aromatic N) is 1. The van der Waals surface area contributed by atoms with E-state index in [9.17, 15) is 13.2 Å². The molecule has 1 aliphatic heterocycles. The normalized spacial score (nSPS) is 17.1. The minimum absolute atomic E-state index is 0.0473. The molecule has 1 fully saturated rings. The zero-order valence-corrected chi connectivity index (χ0v) is 19.4. The molecule has 1 saturated carbocycles. The van der Waals surface area contributed by atoms with Crippen LogP contribution in [0.15, 0.2) is 41.3 Å². The molecule has 1 N–H and O–H groups in total. The highest BCUT2D eigenvalue weighted by molar-refractivity contribution is 7.92. The van der Waals surface area contributed by atoms with E-state index >= 15 is 0 Å². The fourth-order valence-electron chi connectivity index (χ4n) is 4.65. The summed E-state index contributed by atoms with van der Waals surface area (Å²) in [5.74, 6) is 1.44. The Labute approximate surface area is 189 Å². The zero-order valence-electron chi connectivity index (χ0n) is 18.6. The van der Waals surface area contributed by atoms with Crippen molar-refractivity contribution in [2.45, 2.75) is 43.4 Å². The van der Waals surface area contributed by atoms with Gasteiger partial charge in [-0.05, 0) is 61.1 Å². The summed E-state index contributed by atoms with van der Waals surface area (Å²) in [5.41, 5.74) is 1.98. The van der Waals surface area contributed by atoms with E-state index in [2.05, 4.69) is 4.72 Å².